The van der Waals surface area contributed by atoms with E-state index in [1.165, 1.54) is 47.9 Å². The number of aliphatic hydroxyl groups is 1. The van der Waals surface area contributed by atoms with Gasteiger partial charge in [-0.05, 0) is 36.1 Å². The summed E-state index contributed by atoms with van der Waals surface area (Å²) in [5.74, 6) is -0.904. The second kappa shape index (κ2) is 12.2. The average Bonchev–Trinajstić information content (AvgIpc) is 3.85. The van der Waals surface area contributed by atoms with Gasteiger partial charge >= 0.3 is 11.8 Å². The summed E-state index contributed by atoms with van der Waals surface area (Å²) < 4.78 is 61.9. The fraction of sp³-hybridized carbons (Fsp3) is 0.314. The molecule has 4 atom stereocenters. The first kappa shape index (κ1) is 32.9. The topological polar surface area (TPSA) is 164 Å². The van der Waals surface area contributed by atoms with Crippen LogP contribution in [0, 0.1) is 5.95 Å². The number of fused-ring (bicyclic) bond motifs is 5. The van der Waals surface area contributed by atoms with Crippen molar-refractivity contribution in [2.75, 3.05) is 13.7 Å². The van der Waals surface area contributed by atoms with Crippen LogP contribution in [0.3, 0.4) is 0 Å². The van der Waals surface area contributed by atoms with Crippen molar-refractivity contribution in [3.05, 3.63) is 89.0 Å². The summed E-state index contributed by atoms with van der Waals surface area (Å²) in [5, 5.41) is 18.2. The molecule has 264 valence electrons. The quantitative estimate of drug-likeness (QED) is 0.275. The summed E-state index contributed by atoms with van der Waals surface area (Å²) in [5.41, 5.74) is 1.64. The maximum atomic E-state index is 15.9. The van der Waals surface area contributed by atoms with Crippen LogP contribution in [0.25, 0.3) is 44.5 Å². The molecule has 9 rings (SSSR count). The molecule has 14 nitrogen and oxygen atoms in total. The molecule has 1 unspecified atom stereocenters. The van der Waals surface area contributed by atoms with Crippen LogP contribution in [-0.4, -0.2) is 73.4 Å². The number of nitrogens with one attached hydrogen (secondary N) is 1. The number of aryl methyl sites for hydroxylation is 2. The molecule has 0 saturated heterocycles. The van der Waals surface area contributed by atoms with Crippen LogP contribution in [0.2, 0.25) is 0 Å². The highest BCUT2D eigenvalue weighted by Crippen LogP contribution is 2.47. The number of alkyl carbamates (subject to hydrolysis) is 1. The molecule has 1 fully saturated rings. The van der Waals surface area contributed by atoms with Crippen molar-refractivity contribution in [1.29, 1.82) is 0 Å². The summed E-state index contributed by atoms with van der Waals surface area (Å²) in [7, 11) is -0.0602. The van der Waals surface area contributed by atoms with Gasteiger partial charge in [0.25, 0.3) is 10.0 Å². The van der Waals surface area contributed by atoms with Crippen molar-refractivity contribution in [2.24, 2.45) is 14.1 Å². The molecule has 2 aliphatic heterocycles. The van der Waals surface area contributed by atoms with E-state index in [0.717, 1.165) is 3.97 Å². The van der Waals surface area contributed by atoms with E-state index in [0.29, 0.717) is 39.5 Å². The highest BCUT2D eigenvalue weighted by molar-refractivity contribution is 7.90. The number of nitrogens with zero attached hydrogens (tertiary/aromatic N) is 6. The number of aliphatic hydroxyl groups excluding tert-OH is 1. The normalized spacial score (nSPS) is 20.6. The summed E-state index contributed by atoms with van der Waals surface area (Å²) in [6, 6.07) is 13.6. The van der Waals surface area contributed by atoms with E-state index in [2.05, 4.69) is 15.4 Å². The molecular weight excluding hydrogens is 681 g/mol. The highest BCUT2D eigenvalue weighted by Gasteiger charge is 2.41. The van der Waals surface area contributed by atoms with Crippen molar-refractivity contribution in [3.63, 3.8) is 0 Å². The van der Waals surface area contributed by atoms with Gasteiger partial charge in [-0.25, -0.2) is 27.0 Å². The monoisotopic (exact) mass is 715 g/mol. The third-order valence-electron chi connectivity index (χ3n) is 9.95. The lowest BCUT2D eigenvalue weighted by molar-refractivity contribution is 0.0166. The maximum Gasteiger partial charge on any atom is 0.407 e. The number of hydrogen-bond donors (Lipinski definition) is 2. The number of benzene rings is 2. The van der Waals surface area contributed by atoms with Crippen molar-refractivity contribution in [3.8, 4) is 22.4 Å². The lowest BCUT2D eigenvalue weighted by Gasteiger charge is -2.21. The van der Waals surface area contributed by atoms with E-state index in [-0.39, 0.29) is 41.2 Å². The number of amides is 1. The number of hydrogen-bond acceptors (Lipinski definition) is 9. The predicted molar refractivity (Wildman–Crippen MR) is 184 cm³/mol. The summed E-state index contributed by atoms with van der Waals surface area (Å²) in [6.45, 7) is 0.172. The minimum Gasteiger partial charge on any atom is -0.453 e. The molecule has 2 aromatic carbocycles. The smallest absolute Gasteiger partial charge is 0.407 e. The van der Waals surface area contributed by atoms with Crippen LogP contribution in [0.15, 0.2) is 76.7 Å². The van der Waals surface area contributed by atoms with Crippen molar-refractivity contribution >= 4 is 38.2 Å². The van der Waals surface area contributed by atoms with Gasteiger partial charge in [-0.15, -0.1) is 5.10 Å². The number of carbonyl (C=O) groups excluding carboxylic acids is 1. The van der Waals surface area contributed by atoms with Gasteiger partial charge in [-0.1, -0.05) is 42.5 Å². The van der Waals surface area contributed by atoms with E-state index in [4.69, 9.17) is 9.47 Å². The van der Waals surface area contributed by atoms with E-state index in [1.807, 2.05) is 0 Å². The second-order valence-electron chi connectivity index (χ2n) is 12.9. The Labute approximate surface area is 290 Å². The van der Waals surface area contributed by atoms with Crippen molar-refractivity contribution < 1.29 is 32.2 Å². The zero-order valence-corrected chi connectivity index (χ0v) is 28.7. The van der Waals surface area contributed by atoms with E-state index in [9.17, 15) is 23.1 Å². The Morgan fingerprint density at radius 3 is 2.53 bits per heavy atom. The molecule has 1 amide bonds. The van der Waals surface area contributed by atoms with Crippen LogP contribution in [0.5, 0.6) is 0 Å². The molecule has 4 aromatic heterocycles. The largest absolute Gasteiger partial charge is 0.453 e. The zero-order valence-electron chi connectivity index (χ0n) is 27.9. The predicted octanol–water partition coefficient (Wildman–Crippen LogP) is 4.02. The third kappa shape index (κ3) is 5.15. The van der Waals surface area contributed by atoms with E-state index < -0.39 is 52.0 Å². The molecule has 51 heavy (non-hydrogen) atoms. The number of methoxy groups -OCH3 is 1. The SMILES string of the molecule is COC(=O)N[C@H]1C[C@H]2C[C@H]1OCCC(O)c1ccc(cc1)-c1c(-c3cn(C)nc3F)n(S(=O)(=O)c3ccccc3)c3ncc4c(c13)n2c(=O)n4C. The van der Waals surface area contributed by atoms with Gasteiger partial charge < -0.3 is 19.9 Å². The van der Waals surface area contributed by atoms with Gasteiger partial charge in [-0.3, -0.25) is 13.8 Å². The van der Waals surface area contributed by atoms with Gasteiger partial charge in [0.15, 0.2) is 5.65 Å². The Kier molecular flexibility index (Phi) is 7.84. The number of pyridine rings is 1. The lowest BCUT2D eigenvalue weighted by Crippen LogP contribution is -2.41. The number of halogens is 1. The Balaban J connectivity index is 1.55. The number of aromatic nitrogens is 6. The van der Waals surface area contributed by atoms with Crippen molar-refractivity contribution in [1.82, 2.24) is 33.2 Å². The fourth-order valence-electron chi connectivity index (χ4n) is 7.56. The molecule has 6 heterocycles. The number of ether oxygens (including phenoxy) is 2. The van der Waals surface area contributed by atoms with E-state index in [1.54, 1.807) is 54.1 Å². The van der Waals surface area contributed by atoms with Crippen LogP contribution in [0.1, 0.15) is 37.0 Å². The lowest BCUT2D eigenvalue weighted by atomic mass is 9.97. The first-order valence-corrected chi connectivity index (χ1v) is 17.8. The molecule has 1 aliphatic carbocycles. The molecule has 6 aromatic rings. The third-order valence-corrected chi connectivity index (χ3v) is 11.7. The van der Waals surface area contributed by atoms with Crippen molar-refractivity contribution in [2.45, 2.75) is 48.4 Å². The molecule has 3 aliphatic rings. The molecule has 1 saturated carbocycles. The molecule has 2 N–H and O–H groups in total. The summed E-state index contributed by atoms with van der Waals surface area (Å²) in [4.78, 5) is 31.3. The molecule has 0 radical (unpaired) electrons. The Bertz CT molecular complexity index is 2500. The van der Waals surface area contributed by atoms with Crippen LogP contribution in [0.4, 0.5) is 9.18 Å². The number of imidazole rings is 1. The summed E-state index contributed by atoms with van der Waals surface area (Å²) >= 11 is 0. The van der Waals surface area contributed by atoms with Gasteiger partial charge in [-0.2, -0.15) is 4.39 Å². The molecule has 4 bridgehead atoms. The van der Waals surface area contributed by atoms with E-state index >= 15 is 4.39 Å². The first-order valence-electron chi connectivity index (χ1n) is 16.4. The Morgan fingerprint density at radius 1 is 1.10 bits per heavy atom. The molecule has 0 spiro atoms. The second-order valence-corrected chi connectivity index (χ2v) is 14.7. The first-order chi connectivity index (χ1) is 24.5. The van der Waals surface area contributed by atoms with Crippen LogP contribution in [-0.2, 0) is 33.6 Å². The van der Waals surface area contributed by atoms with Gasteiger partial charge in [0, 0.05) is 44.9 Å². The Morgan fingerprint density at radius 2 is 1.84 bits per heavy atom. The zero-order chi connectivity index (χ0) is 35.8. The maximum absolute atomic E-state index is 15.9. The Hall–Kier alpha value is -5.32. The molecular formula is C35H34FN7O7S. The number of rotatable bonds is 4. The standard InChI is InChI=1S/C35H34FN7O7S/c1-40-18-23(32(36)39-40)30-28-20-11-9-19(10-12-20)26(44)13-14-50-27-16-21(15-24(27)38-34(45)49-3)42-31-25(41(2)35(42)46)17-37-33(29(28)31)43(30)51(47,48)22-7-5-4-6-8-22/h4-12,17-18,21,24,26-27,44H,13-16H2,1-3H3,(H,38,45)/t21-,24-,26?,27+/m0/s1. The van der Waals surface area contributed by atoms with Gasteiger partial charge in [0.2, 0.25) is 5.95 Å². The fourth-order valence-corrected chi connectivity index (χ4v) is 9.07. The number of carbonyl (C=O) groups is 1. The van der Waals surface area contributed by atoms with Gasteiger partial charge in [0.05, 0.1) is 64.1 Å². The van der Waals surface area contributed by atoms with Gasteiger partial charge in [0.1, 0.15) is 0 Å². The van der Waals surface area contributed by atoms with Crippen LogP contribution >= 0.6 is 0 Å². The average molecular weight is 716 g/mol. The molecule has 16 heteroatoms. The minimum absolute atomic E-state index is 0.0255. The minimum atomic E-state index is -4.46. The summed E-state index contributed by atoms with van der Waals surface area (Å²) in [6.07, 6.45) is 1.57. The highest BCUT2D eigenvalue weighted by atomic mass is 32.2. The van der Waals surface area contributed by atoms with Crippen LogP contribution < -0.4 is 11.0 Å².